The summed E-state index contributed by atoms with van der Waals surface area (Å²) < 4.78 is 9.81. The number of esters is 1. The third kappa shape index (κ3) is 3.27. The van der Waals surface area contributed by atoms with E-state index in [4.69, 9.17) is 4.74 Å². The number of carbonyl (C=O) groups excluding carboxylic acids is 1. The normalized spacial score (nSPS) is 9.80. The molecular weight excluding hydrogens is 192 g/mol. The topological polar surface area (TPSA) is 35.5 Å². The Morgan fingerprint density at radius 3 is 2.67 bits per heavy atom. The zero-order valence-corrected chi connectivity index (χ0v) is 9.37. The average Bonchev–Trinajstić information content (AvgIpc) is 2.26. The van der Waals surface area contributed by atoms with E-state index in [2.05, 4.69) is 4.74 Å². The van der Waals surface area contributed by atoms with Crippen LogP contribution in [-0.2, 0) is 16.0 Å². The van der Waals surface area contributed by atoms with E-state index in [1.54, 1.807) is 7.11 Å². The van der Waals surface area contributed by atoms with Gasteiger partial charge in [-0.2, -0.15) is 0 Å². The number of aryl methyl sites for hydroxylation is 2. The summed E-state index contributed by atoms with van der Waals surface area (Å²) in [5, 5.41) is 0. The summed E-state index contributed by atoms with van der Waals surface area (Å²) in [5.74, 6) is 0.628. The minimum Gasteiger partial charge on any atom is -0.496 e. The van der Waals surface area contributed by atoms with Crippen molar-refractivity contribution in [3.63, 3.8) is 0 Å². The Balaban J connectivity index is 2.74. The first-order valence-electron chi connectivity index (χ1n) is 4.87. The Morgan fingerprint density at radius 1 is 1.33 bits per heavy atom. The molecule has 0 saturated heterocycles. The molecule has 0 spiro atoms. The summed E-state index contributed by atoms with van der Waals surface area (Å²) in [6.45, 7) is 2.01. The Morgan fingerprint density at radius 2 is 2.07 bits per heavy atom. The molecule has 1 rings (SSSR count). The zero-order valence-electron chi connectivity index (χ0n) is 9.37. The van der Waals surface area contributed by atoms with Crippen molar-refractivity contribution in [3.8, 4) is 5.75 Å². The van der Waals surface area contributed by atoms with E-state index in [9.17, 15) is 4.79 Å². The second kappa shape index (κ2) is 5.39. The lowest BCUT2D eigenvalue weighted by molar-refractivity contribution is -0.140. The molecule has 3 heteroatoms. The molecule has 0 amide bonds. The number of benzene rings is 1. The van der Waals surface area contributed by atoms with Gasteiger partial charge in [0, 0.05) is 6.42 Å². The van der Waals surface area contributed by atoms with E-state index < -0.39 is 0 Å². The van der Waals surface area contributed by atoms with Crippen LogP contribution in [0.2, 0.25) is 0 Å². The fourth-order valence-corrected chi connectivity index (χ4v) is 1.44. The van der Waals surface area contributed by atoms with Crippen molar-refractivity contribution in [2.24, 2.45) is 0 Å². The summed E-state index contributed by atoms with van der Waals surface area (Å²) >= 11 is 0. The first kappa shape index (κ1) is 11.6. The molecule has 0 bridgehead atoms. The van der Waals surface area contributed by atoms with E-state index in [-0.39, 0.29) is 5.97 Å². The molecule has 0 heterocycles. The number of rotatable bonds is 4. The molecule has 0 aliphatic rings. The number of ether oxygens (including phenoxy) is 2. The van der Waals surface area contributed by atoms with Gasteiger partial charge in [-0.15, -0.1) is 0 Å². The van der Waals surface area contributed by atoms with E-state index >= 15 is 0 Å². The van der Waals surface area contributed by atoms with Crippen molar-refractivity contribution in [1.29, 1.82) is 0 Å². The van der Waals surface area contributed by atoms with Gasteiger partial charge in [0.05, 0.1) is 14.2 Å². The van der Waals surface area contributed by atoms with Gasteiger partial charge in [-0.05, 0) is 25.0 Å². The lowest BCUT2D eigenvalue weighted by Crippen LogP contribution is -2.03. The SMILES string of the molecule is COC(=O)CCc1cc(C)ccc1OC. The highest BCUT2D eigenvalue weighted by Gasteiger charge is 2.06. The molecule has 82 valence electrons. The molecule has 0 N–H and O–H groups in total. The minimum absolute atomic E-state index is 0.196. The van der Waals surface area contributed by atoms with Crippen molar-refractivity contribution in [2.75, 3.05) is 14.2 Å². The fraction of sp³-hybridized carbons (Fsp3) is 0.417. The molecule has 1 aromatic rings. The van der Waals surface area contributed by atoms with Crippen LogP contribution in [0.4, 0.5) is 0 Å². The second-order valence-corrected chi connectivity index (χ2v) is 3.39. The molecule has 0 fully saturated rings. The maximum absolute atomic E-state index is 11.0. The monoisotopic (exact) mass is 208 g/mol. The van der Waals surface area contributed by atoms with Gasteiger partial charge in [0.1, 0.15) is 5.75 Å². The molecule has 0 unspecified atom stereocenters. The highest BCUT2D eigenvalue weighted by atomic mass is 16.5. The maximum atomic E-state index is 11.0. The van der Waals surface area contributed by atoms with E-state index in [1.807, 2.05) is 25.1 Å². The van der Waals surface area contributed by atoms with Crippen molar-refractivity contribution in [3.05, 3.63) is 29.3 Å². The van der Waals surface area contributed by atoms with Gasteiger partial charge in [-0.25, -0.2) is 0 Å². The lowest BCUT2D eigenvalue weighted by Gasteiger charge is -2.08. The number of carbonyl (C=O) groups is 1. The van der Waals surface area contributed by atoms with Crippen LogP contribution in [0.25, 0.3) is 0 Å². The molecule has 0 aliphatic heterocycles. The number of methoxy groups -OCH3 is 2. The van der Waals surface area contributed by atoms with Crippen molar-refractivity contribution in [1.82, 2.24) is 0 Å². The molecule has 0 saturated carbocycles. The van der Waals surface area contributed by atoms with Gasteiger partial charge in [0.2, 0.25) is 0 Å². The van der Waals surface area contributed by atoms with Crippen LogP contribution in [0.3, 0.4) is 0 Å². The quantitative estimate of drug-likeness (QED) is 0.711. The Bertz CT molecular complexity index is 345. The first-order valence-corrected chi connectivity index (χ1v) is 4.87. The predicted molar refractivity (Wildman–Crippen MR) is 58.1 cm³/mol. The molecule has 15 heavy (non-hydrogen) atoms. The average molecular weight is 208 g/mol. The van der Waals surface area contributed by atoms with Crippen LogP contribution in [0.5, 0.6) is 5.75 Å². The maximum Gasteiger partial charge on any atom is 0.305 e. The zero-order chi connectivity index (χ0) is 11.3. The van der Waals surface area contributed by atoms with Gasteiger partial charge in [-0.1, -0.05) is 17.7 Å². The molecule has 0 aliphatic carbocycles. The predicted octanol–water partition coefficient (Wildman–Crippen LogP) is 2.11. The third-order valence-electron chi connectivity index (χ3n) is 2.26. The van der Waals surface area contributed by atoms with Gasteiger partial charge in [0.25, 0.3) is 0 Å². The summed E-state index contributed by atoms with van der Waals surface area (Å²) in [6, 6.07) is 5.93. The van der Waals surface area contributed by atoms with Crippen LogP contribution in [0.1, 0.15) is 17.5 Å². The Labute approximate surface area is 90.0 Å². The van der Waals surface area contributed by atoms with Crippen molar-refractivity contribution < 1.29 is 14.3 Å². The molecule has 0 atom stereocenters. The fourth-order valence-electron chi connectivity index (χ4n) is 1.44. The van der Waals surface area contributed by atoms with Crippen LogP contribution >= 0.6 is 0 Å². The Kier molecular flexibility index (Phi) is 4.16. The summed E-state index contributed by atoms with van der Waals surface area (Å²) in [7, 11) is 3.03. The molecular formula is C12H16O3. The standard InChI is InChI=1S/C12H16O3/c1-9-4-6-11(14-2)10(8-9)5-7-12(13)15-3/h4,6,8H,5,7H2,1-3H3. The van der Waals surface area contributed by atoms with Crippen molar-refractivity contribution in [2.45, 2.75) is 19.8 Å². The Hall–Kier alpha value is -1.51. The van der Waals surface area contributed by atoms with Crippen LogP contribution in [-0.4, -0.2) is 20.2 Å². The first-order chi connectivity index (χ1) is 7.17. The van der Waals surface area contributed by atoms with Gasteiger partial charge in [0.15, 0.2) is 0 Å². The molecule has 1 aromatic carbocycles. The van der Waals surface area contributed by atoms with Gasteiger partial charge >= 0.3 is 5.97 Å². The van der Waals surface area contributed by atoms with Crippen LogP contribution in [0.15, 0.2) is 18.2 Å². The summed E-state index contributed by atoms with van der Waals surface area (Å²) in [5.41, 5.74) is 2.21. The number of hydrogen-bond acceptors (Lipinski definition) is 3. The highest BCUT2D eigenvalue weighted by molar-refractivity contribution is 5.69. The molecule has 3 nitrogen and oxygen atoms in total. The second-order valence-electron chi connectivity index (χ2n) is 3.39. The van der Waals surface area contributed by atoms with E-state index in [0.29, 0.717) is 12.8 Å². The third-order valence-corrected chi connectivity index (χ3v) is 2.26. The van der Waals surface area contributed by atoms with Crippen LogP contribution < -0.4 is 4.74 Å². The van der Waals surface area contributed by atoms with Gasteiger partial charge < -0.3 is 9.47 Å². The molecule has 0 radical (unpaired) electrons. The smallest absolute Gasteiger partial charge is 0.305 e. The number of hydrogen-bond donors (Lipinski definition) is 0. The van der Waals surface area contributed by atoms with E-state index in [1.165, 1.54) is 7.11 Å². The summed E-state index contributed by atoms with van der Waals surface area (Å²) in [4.78, 5) is 11.0. The molecule has 0 aromatic heterocycles. The van der Waals surface area contributed by atoms with Crippen LogP contribution in [0, 0.1) is 6.92 Å². The van der Waals surface area contributed by atoms with Gasteiger partial charge in [-0.3, -0.25) is 4.79 Å². The lowest BCUT2D eigenvalue weighted by atomic mass is 10.1. The summed E-state index contributed by atoms with van der Waals surface area (Å²) in [6.07, 6.45) is 1.04. The largest absolute Gasteiger partial charge is 0.496 e. The van der Waals surface area contributed by atoms with Crippen molar-refractivity contribution >= 4 is 5.97 Å². The minimum atomic E-state index is -0.196. The van der Waals surface area contributed by atoms with E-state index in [0.717, 1.165) is 16.9 Å². The highest BCUT2D eigenvalue weighted by Crippen LogP contribution is 2.21.